The van der Waals surface area contributed by atoms with E-state index in [1.54, 1.807) is 30.3 Å². The van der Waals surface area contributed by atoms with Gasteiger partial charge in [0.15, 0.2) is 33.0 Å². The van der Waals surface area contributed by atoms with Crippen molar-refractivity contribution in [3.8, 4) is 11.5 Å². The van der Waals surface area contributed by atoms with Crippen molar-refractivity contribution < 1.29 is 60.5 Å². The Bertz CT molecular complexity index is 2130. The van der Waals surface area contributed by atoms with Crippen LogP contribution < -0.4 is 9.64 Å². The minimum Gasteiger partial charge on any atom is -0.508 e. The van der Waals surface area contributed by atoms with Crippen LogP contribution in [0.3, 0.4) is 0 Å². The number of nitrogens with zero attached hydrogens (tertiary/aromatic N) is 2. The van der Waals surface area contributed by atoms with Crippen LogP contribution in [-0.2, 0) is 30.5 Å². The van der Waals surface area contributed by atoms with Crippen LogP contribution in [0.15, 0.2) is 60.2 Å². The van der Waals surface area contributed by atoms with Gasteiger partial charge in [-0.3, -0.25) is 19.2 Å². The Kier molecular flexibility index (Phi) is 8.37. The second kappa shape index (κ2) is 12.3. The molecule has 0 bridgehead atoms. The SMILES string of the molecule is COC(=O)N1C(=O)C2CC=C3C(CC4(Cl)C(=O)N(c5c(F)c(F)c(F)c(F)c5F)C(=O)C4(Cl)C3c3ccc(OCc4ccccc4)cc3O)C2C1=O. The predicted molar refractivity (Wildman–Crippen MR) is 170 cm³/mol. The molecule has 4 aliphatic rings. The first-order chi connectivity index (χ1) is 24.6. The van der Waals surface area contributed by atoms with E-state index in [0.29, 0.717) is 0 Å². The Morgan fingerprint density at radius 1 is 0.885 bits per heavy atom. The molecule has 7 rings (SSSR count). The van der Waals surface area contributed by atoms with Crippen molar-refractivity contribution in [2.24, 2.45) is 17.8 Å². The van der Waals surface area contributed by atoms with Crippen LogP contribution in [0, 0.1) is 46.8 Å². The fourth-order valence-corrected chi connectivity index (χ4v) is 8.71. The zero-order valence-corrected chi connectivity index (χ0v) is 28.0. The molecular formula is C35H23Cl2F5N2O8. The van der Waals surface area contributed by atoms with Gasteiger partial charge >= 0.3 is 6.09 Å². The number of carbonyl (C=O) groups excluding carboxylic acids is 5. The molecule has 270 valence electrons. The molecule has 3 aromatic rings. The number of anilines is 1. The van der Waals surface area contributed by atoms with Crippen LogP contribution in [0.4, 0.5) is 32.4 Å². The molecule has 6 atom stereocenters. The van der Waals surface area contributed by atoms with E-state index in [9.17, 15) is 42.3 Å². The fourth-order valence-electron chi connectivity index (χ4n) is 7.78. The monoisotopic (exact) mass is 764 g/mol. The highest BCUT2D eigenvalue weighted by Gasteiger charge is 2.77. The molecule has 0 radical (unpaired) electrons. The summed E-state index contributed by atoms with van der Waals surface area (Å²) in [6.07, 6.45) is -0.874. The molecule has 2 aliphatic carbocycles. The Balaban J connectivity index is 1.40. The van der Waals surface area contributed by atoms with E-state index in [2.05, 4.69) is 4.74 Å². The van der Waals surface area contributed by atoms with Crippen molar-refractivity contribution in [2.45, 2.75) is 35.1 Å². The highest BCUT2D eigenvalue weighted by molar-refractivity contribution is 6.58. The maximum Gasteiger partial charge on any atom is 0.423 e. The van der Waals surface area contributed by atoms with E-state index in [1.165, 1.54) is 18.2 Å². The summed E-state index contributed by atoms with van der Waals surface area (Å²) in [6, 6.07) is 12.7. The number of benzene rings is 3. The molecule has 2 heterocycles. The summed E-state index contributed by atoms with van der Waals surface area (Å²) in [5.41, 5.74) is -1.29. The number of phenolic OH excluding ortho intramolecular Hbond substituents is 1. The molecule has 3 aromatic carbocycles. The van der Waals surface area contributed by atoms with Gasteiger partial charge in [-0.1, -0.05) is 48.0 Å². The summed E-state index contributed by atoms with van der Waals surface area (Å²) in [5.74, 6) is -24.0. The summed E-state index contributed by atoms with van der Waals surface area (Å²) in [6.45, 7) is 0.0697. The van der Waals surface area contributed by atoms with Gasteiger partial charge in [0.25, 0.3) is 11.8 Å². The maximum absolute atomic E-state index is 15.2. The van der Waals surface area contributed by atoms with E-state index in [4.69, 9.17) is 27.9 Å². The zero-order valence-electron chi connectivity index (χ0n) is 26.5. The molecule has 10 nitrogen and oxygen atoms in total. The molecule has 6 unspecified atom stereocenters. The number of fused-ring (bicyclic) bond motifs is 4. The van der Waals surface area contributed by atoms with Gasteiger partial charge < -0.3 is 14.6 Å². The van der Waals surface area contributed by atoms with Crippen LogP contribution in [-0.4, -0.2) is 56.6 Å². The lowest BCUT2D eigenvalue weighted by atomic mass is 9.56. The molecule has 0 aromatic heterocycles. The Hall–Kier alpha value is -5.02. The second-order valence-corrected chi connectivity index (χ2v) is 13.9. The van der Waals surface area contributed by atoms with Gasteiger partial charge in [0.05, 0.1) is 18.9 Å². The lowest BCUT2D eigenvalue weighted by Gasteiger charge is -2.50. The number of carbonyl (C=O) groups is 5. The Morgan fingerprint density at radius 2 is 1.52 bits per heavy atom. The number of phenols is 1. The lowest BCUT2D eigenvalue weighted by molar-refractivity contribution is -0.138. The average molecular weight is 765 g/mol. The van der Waals surface area contributed by atoms with Crippen LogP contribution in [0.2, 0.25) is 0 Å². The third kappa shape index (κ3) is 4.71. The number of amides is 5. The minimum atomic E-state index is -2.85. The summed E-state index contributed by atoms with van der Waals surface area (Å²) in [4.78, 5) is 62.4. The van der Waals surface area contributed by atoms with Gasteiger partial charge in [-0.25, -0.2) is 31.6 Å². The molecule has 2 saturated heterocycles. The molecule has 52 heavy (non-hydrogen) atoms. The van der Waals surface area contributed by atoms with Crippen molar-refractivity contribution in [1.82, 2.24) is 4.90 Å². The first-order valence-electron chi connectivity index (χ1n) is 15.5. The predicted octanol–water partition coefficient (Wildman–Crippen LogP) is 6.00. The van der Waals surface area contributed by atoms with Crippen molar-refractivity contribution in [1.29, 1.82) is 0 Å². The van der Waals surface area contributed by atoms with Crippen molar-refractivity contribution in [3.63, 3.8) is 0 Å². The fraction of sp³-hybridized carbons (Fsp3) is 0.286. The number of alkyl halides is 2. The normalized spacial score (nSPS) is 28.0. The number of hydrogen-bond acceptors (Lipinski definition) is 8. The van der Waals surface area contributed by atoms with Gasteiger partial charge in [0, 0.05) is 17.5 Å². The summed E-state index contributed by atoms with van der Waals surface area (Å²) < 4.78 is 83.7. The highest BCUT2D eigenvalue weighted by Crippen LogP contribution is 2.66. The number of halogens is 7. The first-order valence-corrected chi connectivity index (χ1v) is 16.3. The highest BCUT2D eigenvalue weighted by atomic mass is 35.5. The molecule has 1 N–H and O–H groups in total. The lowest BCUT2D eigenvalue weighted by Crippen LogP contribution is -2.60. The number of allylic oxidation sites excluding steroid dienone is 2. The van der Waals surface area contributed by atoms with Gasteiger partial charge in [0.1, 0.15) is 23.8 Å². The second-order valence-electron chi connectivity index (χ2n) is 12.7. The standard InChI is InChI=1S/C35H23Cl2F5N2O8/c1-51-33(50)44-29(46)18-10-9-16-19(21(18)30(44)47)12-34(36)31(48)43(28-26(41)24(39)23(38)25(40)27(28)42)32(49)35(34,37)22(16)17-8-7-15(11-20(17)45)52-13-14-5-3-2-4-6-14/h2-9,11,18-19,21-22,45H,10,12-13H2,1H3. The van der Waals surface area contributed by atoms with Gasteiger partial charge in [-0.05, 0) is 30.4 Å². The third-order valence-corrected chi connectivity index (χ3v) is 11.6. The van der Waals surface area contributed by atoms with E-state index in [-0.39, 0.29) is 39.7 Å². The summed E-state index contributed by atoms with van der Waals surface area (Å²) >= 11 is 14.1. The van der Waals surface area contributed by atoms with Crippen LogP contribution in [0.5, 0.6) is 11.5 Å². The van der Waals surface area contributed by atoms with E-state index in [1.807, 2.05) is 0 Å². The number of likely N-dealkylation sites (tertiary alicyclic amines) is 1. The Morgan fingerprint density at radius 3 is 2.13 bits per heavy atom. The number of imide groups is 4. The molecule has 17 heteroatoms. The molecular weight excluding hydrogens is 742 g/mol. The van der Waals surface area contributed by atoms with Crippen molar-refractivity contribution >= 4 is 58.6 Å². The summed E-state index contributed by atoms with van der Waals surface area (Å²) in [7, 11) is 0.938. The molecule has 5 amide bonds. The average Bonchev–Trinajstić information content (AvgIpc) is 3.47. The van der Waals surface area contributed by atoms with E-state index >= 15 is 8.78 Å². The van der Waals surface area contributed by atoms with E-state index < -0.39 is 110 Å². The van der Waals surface area contributed by atoms with Gasteiger partial charge in [-0.15, -0.1) is 23.2 Å². The van der Waals surface area contributed by atoms with Crippen LogP contribution in [0.25, 0.3) is 0 Å². The molecule has 3 fully saturated rings. The minimum absolute atomic E-state index is 0.0697. The summed E-state index contributed by atoms with van der Waals surface area (Å²) in [5, 5.41) is 11.4. The van der Waals surface area contributed by atoms with Crippen LogP contribution >= 0.6 is 23.2 Å². The number of aromatic hydroxyl groups is 1. The third-order valence-electron chi connectivity index (χ3n) is 10.1. The van der Waals surface area contributed by atoms with Crippen LogP contribution in [0.1, 0.15) is 29.9 Å². The number of rotatable bonds is 5. The number of hydrogen-bond donors (Lipinski definition) is 1. The largest absolute Gasteiger partial charge is 0.508 e. The smallest absolute Gasteiger partial charge is 0.423 e. The van der Waals surface area contributed by atoms with E-state index in [0.717, 1.165) is 18.7 Å². The van der Waals surface area contributed by atoms with Gasteiger partial charge in [0.2, 0.25) is 17.6 Å². The maximum atomic E-state index is 15.2. The topological polar surface area (TPSA) is 131 Å². The molecule has 2 aliphatic heterocycles. The van der Waals surface area contributed by atoms with Crippen molar-refractivity contribution in [2.75, 3.05) is 12.0 Å². The van der Waals surface area contributed by atoms with Gasteiger partial charge in [-0.2, -0.15) is 4.90 Å². The quantitative estimate of drug-likeness (QED) is 0.0837. The molecule has 0 spiro atoms. The zero-order chi connectivity index (χ0) is 37.6. The number of ether oxygens (including phenoxy) is 2. The first kappa shape index (κ1) is 35.4. The number of methoxy groups -OCH3 is 1. The Labute approximate surface area is 300 Å². The molecule has 1 saturated carbocycles. The van der Waals surface area contributed by atoms with Crippen molar-refractivity contribution in [3.05, 3.63) is 100 Å².